The molecule has 5 heteroatoms. The fraction of sp³-hybridized carbons (Fsp3) is 0.182. The topological polar surface area (TPSA) is 42.2 Å². The van der Waals surface area contributed by atoms with Gasteiger partial charge in [-0.3, -0.25) is 4.79 Å². The number of hydrogen-bond acceptors (Lipinski definition) is 2. The molecular weight excluding hydrogens is 216 g/mol. The smallest absolute Gasteiger partial charge is 0.189 e. The highest BCUT2D eigenvalue weighted by Crippen LogP contribution is 2.17. The standard InChI is InChI=1S/C11H9F2NO2/c1-14-7(5-15)4-10(16)8-2-6(12)3-9(13)11(8)14/h2-4,15H,5H2,1H3. The van der Waals surface area contributed by atoms with Gasteiger partial charge >= 0.3 is 0 Å². The highest BCUT2D eigenvalue weighted by atomic mass is 19.1. The first-order valence-corrected chi connectivity index (χ1v) is 4.63. The second-order valence-corrected chi connectivity index (χ2v) is 3.50. The van der Waals surface area contributed by atoms with Crippen molar-refractivity contribution in [1.29, 1.82) is 0 Å². The largest absolute Gasteiger partial charge is 0.390 e. The molecule has 2 rings (SSSR count). The van der Waals surface area contributed by atoms with E-state index in [1.165, 1.54) is 17.7 Å². The quantitative estimate of drug-likeness (QED) is 0.795. The lowest BCUT2D eigenvalue weighted by molar-refractivity contribution is 0.272. The summed E-state index contributed by atoms with van der Waals surface area (Å²) in [6, 6.07) is 2.87. The van der Waals surface area contributed by atoms with Crippen LogP contribution in [0.4, 0.5) is 8.78 Å². The molecule has 1 N–H and O–H groups in total. The Bertz CT molecular complexity index is 619. The number of nitrogens with zero attached hydrogens (tertiary/aromatic N) is 1. The van der Waals surface area contributed by atoms with Gasteiger partial charge in [-0.05, 0) is 6.07 Å². The lowest BCUT2D eigenvalue weighted by Crippen LogP contribution is -2.13. The SMILES string of the molecule is Cn1c(CO)cc(=O)c2cc(F)cc(F)c21. The molecule has 1 aromatic heterocycles. The molecule has 1 heterocycles. The fourth-order valence-electron chi connectivity index (χ4n) is 1.72. The predicted molar refractivity (Wildman–Crippen MR) is 55.0 cm³/mol. The van der Waals surface area contributed by atoms with Gasteiger partial charge in [0, 0.05) is 24.9 Å². The Morgan fingerprint density at radius 2 is 2.00 bits per heavy atom. The Morgan fingerprint density at radius 1 is 1.31 bits per heavy atom. The van der Waals surface area contributed by atoms with Crippen molar-refractivity contribution in [3.63, 3.8) is 0 Å². The van der Waals surface area contributed by atoms with Gasteiger partial charge < -0.3 is 9.67 Å². The summed E-state index contributed by atoms with van der Waals surface area (Å²) in [6.45, 7) is -0.376. The Hall–Kier alpha value is -1.75. The average molecular weight is 225 g/mol. The van der Waals surface area contributed by atoms with Crippen LogP contribution in [0.2, 0.25) is 0 Å². The molecule has 0 aliphatic heterocycles. The normalized spacial score (nSPS) is 11.0. The predicted octanol–water partition coefficient (Wildman–Crippen LogP) is 1.31. The maximum Gasteiger partial charge on any atom is 0.189 e. The lowest BCUT2D eigenvalue weighted by atomic mass is 10.1. The van der Waals surface area contributed by atoms with Gasteiger partial charge in [-0.25, -0.2) is 8.78 Å². The van der Waals surface area contributed by atoms with Crippen molar-refractivity contribution in [1.82, 2.24) is 4.57 Å². The van der Waals surface area contributed by atoms with Crippen LogP contribution in [-0.2, 0) is 13.7 Å². The molecule has 3 nitrogen and oxygen atoms in total. The van der Waals surface area contributed by atoms with E-state index in [2.05, 4.69) is 0 Å². The zero-order valence-electron chi connectivity index (χ0n) is 8.50. The second-order valence-electron chi connectivity index (χ2n) is 3.50. The number of aromatic nitrogens is 1. The molecule has 0 radical (unpaired) electrons. The summed E-state index contributed by atoms with van der Waals surface area (Å²) >= 11 is 0. The third-order valence-electron chi connectivity index (χ3n) is 2.52. The summed E-state index contributed by atoms with van der Waals surface area (Å²) in [5.41, 5.74) is -0.225. The average Bonchev–Trinajstić information content (AvgIpc) is 2.22. The van der Waals surface area contributed by atoms with E-state index in [0.29, 0.717) is 6.07 Å². The molecule has 84 valence electrons. The number of aliphatic hydroxyl groups is 1. The van der Waals surface area contributed by atoms with Crippen molar-refractivity contribution in [2.45, 2.75) is 6.61 Å². The highest BCUT2D eigenvalue weighted by molar-refractivity contribution is 5.79. The zero-order valence-corrected chi connectivity index (χ0v) is 8.50. The van der Waals surface area contributed by atoms with Crippen LogP contribution < -0.4 is 5.43 Å². The Morgan fingerprint density at radius 3 is 2.62 bits per heavy atom. The van der Waals surface area contributed by atoms with E-state index in [-0.39, 0.29) is 23.2 Å². The summed E-state index contributed by atoms with van der Waals surface area (Å²) < 4.78 is 27.8. The van der Waals surface area contributed by atoms with E-state index in [1.807, 2.05) is 0 Å². The number of pyridine rings is 1. The first-order chi connectivity index (χ1) is 7.54. The molecular formula is C11H9F2NO2. The summed E-state index contributed by atoms with van der Waals surface area (Å²) in [5.74, 6) is -1.61. The highest BCUT2D eigenvalue weighted by Gasteiger charge is 2.11. The van der Waals surface area contributed by atoms with Crippen LogP contribution in [-0.4, -0.2) is 9.67 Å². The fourth-order valence-corrected chi connectivity index (χ4v) is 1.72. The third-order valence-corrected chi connectivity index (χ3v) is 2.52. The minimum absolute atomic E-state index is 0.00190. The number of rotatable bonds is 1. The molecule has 0 aliphatic carbocycles. The van der Waals surface area contributed by atoms with Crippen molar-refractivity contribution in [3.8, 4) is 0 Å². The van der Waals surface area contributed by atoms with Crippen LogP contribution in [0.15, 0.2) is 23.0 Å². The van der Waals surface area contributed by atoms with Gasteiger partial charge in [0.1, 0.15) is 5.82 Å². The molecule has 0 saturated carbocycles. The van der Waals surface area contributed by atoms with E-state index in [4.69, 9.17) is 5.11 Å². The second kappa shape index (κ2) is 3.68. The van der Waals surface area contributed by atoms with Gasteiger partial charge in [-0.15, -0.1) is 0 Å². The van der Waals surface area contributed by atoms with Crippen molar-refractivity contribution in [3.05, 3.63) is 45.8 Å². The number of fused-ring (bicyclic) bond motifs is 1. The van der Waals surface area contributed by atoms with Crippen molar-refractivity contribution in [2.75, 3.05) is 0 Å². The molecule has 0 unspecified atom stereocenters. The molecule has 0 atom stereocenters. The Kier molecular flexibility index (Phi) is 2.47. The first kappa shape index (κ1) is 10.8. The number of aryl methyl sites for hydroxylation is 1. The minimum Gasteiger partial charge on any atom is -0.390 e. The summed E-state index contributed by atoms with van der Waals surface area (Å²) in [7, 11) is 1.51. The summed E-state index contributed by atoms with van der Waals surface area (Å²) in [6.07, 6.45) is 0. The van der Waals surface area contributed by atoms with E-state index in [1.54, 1.807) is 0 Å². The van der Waals surface area contributed by atoms with Gasteiger partial charge in [0.05, 0.1) is 17.5 Å². The van der Waals surface area contributed by atoms with Crippen LogP contribution in [0.3, 0.4) is 0 Å². The van der Waals surface area contributed by atoms with E-state index in [9.17, 15) is 13.6 Å². The number of hydrogen-bond donors (Lipinski definition) is 1. The first-order valence-electron chi connectivity index (χ1n) is 4.63. The van der Waals surface area contributed by atoms with Crippen LogP contribution >= 0.6 is 0 Å². The van der Waals surface area contributed by atoms with Gasteiger partial charge in [0.15, 0.2) is 11.2 Å². The maximum absolute atomic E-state index is 13.5. The van der Waals surface area contributed by atoms with Gasteiger partial charge in [0.2, 0.25) is 0 Å². The number of aliphatic hydroxyl groups excluding tert-OH is 1. The number of halogens is 2. The molecule has 0 amide bonds. The Balaban J connectivity index is 3.02. The summed E-state index contributed by atoms with van der Waals surface area (Å²) in [4.78, 5) is 11.6. The van der Waals surface area contributed by atoms with Crippen molar-refractivity contribution in [2.24, 2.45) is 7.05 Å². The molecule has 16 heavy (non-hydrogen) atoms. The van der Waals surface area contributed by atoms with Crippen molar-refractivity contribution < 1.29 is 13.9 Å². The molecule has 0 bridgehead atoms. The van der Waals surface area contributed by atoms with Gasteiger partial charge in [-0.2, -0.15) is 0 Å². The minimum atomic E-state index is -0.815. The lowest BCUT2D eigenvalue weighted by Gasteiger charge is -2.10. The van der Waals surface area contributed by atoms with Crippen molar-refractivity contribution >= 4 is 10.9 Å². The van der Waals surface area contributed by atoms with Gasteiger partial charge in [-0.1, -0.05) is 0 Å². The third kappa shape index (κ3) is 1.49. The van der Waals surface area contributed by atoms with Crippen LogP contribution in [0, 0.1) is 11.6 Å². The summed E-state index contributed by atoms with van der Waals surface area (Å²) in [5, 5.41) is 8.96. The van der Waals surface area contributed by atoms with Crippen LogP contribution in [0.5, 0.6) is 0 Å². The van der Waals surface area contributed by atoms with E-state index < -0.39 is 17.1 Å². The molecule has 1 aromatic carbocycles. The Labute approximate surface area is 89.6 Å². The molecule has 0 saturated heterocycles. The zero-order chi connectivity index (χ0) is 11.9. The molecule has 0 fully saturated rings. The molecule has 2 aromatic rings. The number of benzene rings is 1. The molecule has 0 aliphatic rings. The molecule has 0 spiro atoms. The van der Waals surface area contributed by atoms with E-state index in [0.717, 1.165) is 6.07 Å². The maximum atomic E-state index is 13.5. The van der Waals surface area contributed by atoms with Crippen LogP contribution in [0.25, 0.3) is 10.9 Å². The van der Waals surface area contributed by atoms with Gasteiger partial charge in [0.25, 0.3) is 0 Å². The monoisotopic (exact) mass is 225 g/mol. The van der Waals surface area contributed by atoms with E-state index >= 15 is 0 Å². The van der Waals surface area contributed by atoms with Crippen LogP contribution in [0.1, 0.15) is 5.69 Å².